The number of benzene rings is 1. The molecule has 1 N–H and O–H groups in total. The molecular formula is C12H18FNO2. The molecule has 0 heterocycles. The summed E-state index contributed by atoms with van der Waals surface area (Å²) in [6.45, 7) is 0.791. The van der Waals surface area contributed by atoms with Gasteiger partial charge < -0.3 is 14.8 Å². The van der Waals surface area contributed by atoms with Crippen LogP contribution in [0.4, 0.5) is 4.39 Å². The molecule has 0 fully saturated rings. The smallest absolute Gasteiger partial charge is 0.161 e. The highest BCUT2D eigenvalue weighted by molar-refractivity contribution is 5.42. The molecule has 0 atom stereocenters. The molecule has 0 aliphatic carbocycles. The Kier molecular flexibility index (Phi) is 5.64. The normalized spacial score (nSPS) is 10.2. The van der Waals surface area contributed by atoms with Gasteiger partial charge in [0.2, 0.25) is 0 Å². The fraction of sp³-hybridized carbons (Fsp3) is 0.500. The van der Waals surface area contributed by atoms with Crippen molar-refractivity contribution in [2.45, 2.75) is 13.0 Å². The monoisotopic (exact) mass is 227 g/mol. The maximum atomic E-state index is 11.9. The Labute approximate surface area is 95.6 Å². The van der Waals surface area contributed by atoms with Crippen LogP contribution < -0.4 is 14.8 Å². The molecule has 0 aromatic heterocycles. The van der Waals surface area contributed by atoms with E-state index < -0.39 is 0 Å². The van der Waals surface area contributed by atoms with Crippen LogP contribution in [0.25, 0.3) is 0 Å². The molecule has 90 valence electrons. The quantitative estimate of drug-likeness (QED) is 0.724. The van der Waals surface area contributed by atoms with E-state index in [0.717, 1.165) is 12.1 Å². The first-order valence-corrected chi connectivity index (χ1v) is 5.32. The van der Waals surface area contributed by atoms with Crippen LogP contribution in [0.2, 0.25) is 0 Å². The van der Waals surface area contributed by atoms with Crippen molar-refractivity contribution in [3.05, 3.63) is 23.8 Å². The van der Waals surface area contributed by atoms with E-state index in [4.69, 9.17) is 9.47 Å². The Morgan fingerprint density at radius 2 is 2.12 bits per heavy atom. The summed E-state index contributed by atoms with van der Waals surface area (Å²) in [5, 5.41) is 3.06. The first-order chi connectivity index (χ1) is 7.81. The lowest BCUT2D eigenvalue weighted by atomic mass is 10.2. The van der Waals surface area contributed by atoms with E-state index in [1.165, 1.54) is 0 Å². The van der Waals surface area contributed by atoms with Gasteiger partial charge in [0.25, 0.3) is 0 Å². The van der Waals surface area contributed by atoms with E-state index >= 15 is 0 Å². The number of hydrogen-bond acceptors (Lipinski definition) is 3. The maximum absolute atomic E-state index is 11.9. The summed E-state index contributed by atoms with van der Waals surface area (Å²) in [6, 6.07) is 5.73. The van der Waals surface area contributed by atoms with E-state index in [0.29, 0.717) is 24.5 Å². The zero-order chi connectivity index (χ0) is 11.8. The van der Waals surface area contributed by atoms with E-state index in [-0.39, 0.29) is 6.67 Å². The van der Waals surface area contributed by atoms with Crippen LogP contribution in [0.15, 0.2) is 18.2 Å². The van der Waals surface area contributed by atoms with Crippen LogP contribution in [0.1, 0.15) is 12.0 Å². The zero-order valence-electron chi connectivity index (χ0n) is 9.75. The third kappa shape index (κ3) is 3.70. The van der Waals surface area contributed by atoms with Crippen LogP contribution in [0.3, 0.4) is 0 Å². The van der Waals surface area contributed by atoms with Crippen LogP contribution in [0, 0.1) is 0 Å². The molecule has 16 heavy (non-hydrogen) atoms. The fourth-order valence-corrected chi connectivity index (χ4v) is 1.38. The number of hydrogen-bond donors (Lipinski definition) is 1. The van der Waals surface area contributed by atoms with Gasteiger partial charge in [0.15, 0.2) is 11.5 Å². The standard InChI is InChI=1S/C12H18FNO2/c1-14-9-10-4-5-11(12(8-10)15-2)16-7-3-6-13/h4-5,8,14H,3,6-7,9H2,1-2H3. The predicted molar refractivity (Wildman–Crippen MR) is 61.8 cm³/mol. The molecule has 1 aromatic carbocycles. The van der Waals surface area contributed by atoms with Crippen LogP contribution in [-0.4, -0.2) is 27.4 Å². The topological polar surface area (TPSA) is 30.5 Å². The molecule has 0 spiro atoms. The molecule has 0 aliphatic rings. The molecule has 4 heteroatoms. The highest BCUT2D eigenvalue weighted by Gasteiger charge is 2.05. The number of methoxy groups -OCH3 is 1. The van der Waals surface area contributed by atoms with E-state index in [2.05, 4.69) is 5.32 Å². The largest absolute Gasteiger partial charge is 0.493 e. The Hall–Kier alpha value is -1.29. The molecule has 0 bridgehead atoms. The third-order valence-corrected chi connectivity index (χ3v) is 2.14. The summed E-state index contributed by atoms with van der Waals surface area (Å²) in [6.07, 6.45) is 0.404. The maximum Gasteiger partial charge on any atom is 0.161 e. The lowest BCUT2D eigenvalue weighted by molar-refractivity contribution is 0.273. The number of halogens is 1. The molecule has 0 saturated heterocycles. The fourth-order valence-electron chi connectivity index (χ4n) is 1.38. The minimum absolute atomic E-state index is 0.361. The molecule has 0 aliphatic heterocycles. The lowest BCUT2D eigenvalue weighted by Crippen LogP contribution is -2.06. The molecule has 0 amide bonds. The number of rotatable bonds is 7. The first-order valence-electron chi connectivity index (χ1n) is 5.32. The molecule has 0 unspecified atom stereocenters. The summed E-state index contributed by atoms with van der Waals surface area (Å²) >= 11 is 0. The first kappa shape index (κ1) is 12.8. The van der Waals surface area contributed by atoms with Crippen molar-refractivity contribution < 1.29 is 13.9 Å². The van der Waals surface area contributed by atoms with Crippen molar-refractivity contribution in [1.82, 2.24) is 5.32 Å². The second-order valence-corrected chi connectivity index (χ2v) is 3.41. The lowest BCUT2D eigenvalue weighted by Gasteiger charge is -2.11. The van der Waals surface area contributed by atoms with Gasteiger partial charge in [-0.15, -0.1) is 0 Å². The van der Waals surface area contributed by atoms with Gasteiger partial charge in [-0.2, -0.15) is 0 Å². The van der Waals surface area contributed by atoms with Crippen LogP contribution in [-0.2, 0) is 6.54 Å². The second kappa shape index (κ2) is 7.06. The van der Waals surface area contributed by atoms with Crippen molar-refractivity contribution in [2.24, 2.45) is 0 Å². The van der Waals surface area contributed by atoms with Gasteiger partial charge in [-0.25, -0.2) is 0 Å². The number of ether oxygens (including phenoxy) is 2. The second-order valence-electron chi connectivity index (χ2n) is 3.41. The van der Waals surface area contributed by atoms with Crippen molar-refractivity contribution in [3.63, 3.8) is 0 Å². The molecular weight excluding hydrogens is 209 g/mol. The van der Waals surface area contributed by atoms with Gasteiger partial charge in [0.05, 0.1) is 20.4 Å². The van der Waals surface area contributed by atoms with Gasteiger partial charge in [0, 0.05) is 13.0 Å². The molecule has 1 rings (SSSR count). The molecule has 3 nitrogen and oxygen atoms in total. The van der Waals surface area contributed by atoms with E-state index in [1.807, 2.05) is 25.2 Å². The minimum atomic E-state index is -0.361. The van der Waals surface area contributed by atoms with Crippen molar-refractivity contribution in [1.29, 1.82) is 0 Å². The summed E-state index contributed by atoms with van der Waals surface area (Å²) < 4.78 is 22.6. The highest BCUT2D eigenvalue weighted by Crippen LogP contribution is 2.28. The Morgan fingerprint density at radius 1 is 1.31 bits per heavy atom. The van der Waals surface area contributed by atoms with Gasteiger partial charge in [-0.3, -0.25) is 4.39 Å². The highest BCUT2D eigenvalue weighted by atomic mass is 19.1. The Morgan fingerprint density at radius 3 is 2.75 bits per heavy atom. The zero-order valence-corrected chi connectivity index (χ0v) is 9.75. The van der Waals surface area contributed by atoms with Gasteiger partial charge in [-0.1, -0.05) is 6.07 Å². The van der Waals surface area contributed by atoms with Gasteiger partial charge in [-0.05, 0) is 24.7 Å². The number of nitrogens with one attached hydrogen (secondary N) is 1. The predicted octanol–water partition coefficient (Wildman–Crippen LogP) is 2.15. The molecule has 0 saturated carbocycles. The van der Waals surface area contributed by atoms with Gasteiger partial charge >= 0.3 is 0 Å². The van der Waals surface area contributed by atoms with Gasteiger partial charge in [0.1, 0.15) is 0 Å². The summed E-state index contributed by atoms with van der Waals surface area (Å²) in [5.41, 5.74) is 1.12. The number of alkyl halides is 1. The minimum Gasteiger partial charge on any atom is -0.493 e. The average molecular weight is 227 g/mol. The van der Waals surface area contributed by atoms with Crippen molar-refractivity contribution in [2.75, 3.05) is 27.4 Å². The molecule has 1 aromatic rings. The summed E-state index contributed by atoms with van der Waals surface area (Å²) in [5.74, 6) is 1.35. The summed E-state index contributed by atoms with van der Waals surface area (Å²) in [7, 11) is 3.48. The third-order valence-electron chi connectivity index (χ3n) is 2.14. The van der Waals surface area contributed by atoms with Crippen LogP contribution in [0.5, 0.6) is 11.5 Å². The average Bonchev–Trinajstić information content (AvgIpc) is 2.31. The van der Waals surface area contributed by atoms with E-state index in [9.17, 15) is 4.39 Å². The summed E-state index contributed by atoms with van der Waals surface area (Å²) in [4.78, 5) is 0. The molecule has 0 radical (unpaired) electrons. The van der Waals surface area contributed by atoms with E-state index in [1.54, 1.807) is 7.11 Å². The van der Waals surface area contributed by atoms with Crippen LogP contribution >= 0.6 is 0 Å². The SMILES string of the molecule is CNCc1ccc(OCCCF)c(OC)c1. The van der Waals surface area contributed by atoms with Crippen molar-refractivity contribution >= 4 is 0 Å². The Bertz CT molecular complexity index is 318. The Balaban J connectivity index is 2.68. The van der Waals surface area contributed by atoms with Crippen molar-refractivity contribution in [3.8, 4) is 11.5 Å².